The van der Waals surface area contributed by atoms with Crippen molar-refractivity contribution in [1.29, 1.82) is 0 Å². The Kier molecular flexibility index (Phi) is 2.50. The lowest BCUT2D eigenvalue weighted by Crippen LogP contribution is -1.74. The van der Waals surface area contributed by atoms with Gasteiger partial charge in [-0.2, -0.15) is 0 Å². The lowest BCUT2D eigenvalue weighted by Gasteiger charge is -1.92. The van der Waals surface area contributed by atoms with Crippen LogP contribution in [0.2, 0.25) is 0 Å². The molecule has 0 amide bonds. The zero-order chi connectivity index (χ0) is 11.0. The number of fused-ring (bicyclic) bond motifs is 1. The quantitative estimate of drug-likeness (QED) is 0.631. The van der Waals surface area contributed by atoms with Crippen LogP contribution in [0.3, 0.4) is 0 Å². The Morgan fingerprint density at radius 2 is 1.75 bits per heavy atom. The van der Waals surface area contributed by atoms with Gasteiger partial charge < -0.3 is 0 Å². The van der Waals surface area contributed by atoms with Crippen LogP contribution in [0.1, 0.15) is 0 Å². The Morgan fingerprint density at radius 1 is 0.938 bits per heavy atom. The van der Waals surface area contributed by atoms with Gasteiger partial charge in [0.1, 0.15) is 5.01 Å². The third kappa shape index (κ3) is 1.66. The molecular weight excluding hydrogens is 282 g/mol. The summed E-state index contributed by atoms with van der Waals surface area (Å²) in [5.41, 5.74) is 2.22. The molecule has 3 aromatic rings. The smallest absolute Gasteiger partial charge is 0.124 e. The first-order valence-corrected chi connectivity index (χ1v) is 6.56. The van der Waals surface area contributed by atoms with Gasteiger partial charge in [0.05, 0.1) is 10.2 Å². The number of halogens is 1. The fraction of sp³-hybridized carbons (Fsp3) is 0. The molecule has 0 aliphatic rings. The van der Waals surface area contributed by atoms with Gasteiger partial charge in [0.15, 0.2) is 0 Å². The summed E-state index contributed by atoms with van der Waals surface area (Å²) in [6.45, 7) is 0. The van der Waals surface area contributed by atoms with Crippen molar-refractivity contribution in [1.82, 2.24) is 4.98 Å². The molecule has 0 fully saturated rings. The van der Waals surface area contributed by atoms with E-state index in [1.54, 1.807) is 11.3 Å². The van der Waals surface area contributed by atoms with Crippen LogP contribution < -0.4 is 0 Å². The van der Waals surface area contributed by atoms with Crippen LogP contribution in [0.5, 0.6) is 0 Å². The van der Waals surface area contributed by atoms with E-state index >= 15 is 0 Å². The maximum atomic E-state index is 4.65. The monoisotopic (exact) mass is 289 g/mol. The van der Waals surface area contributed by atoms with Gasteiger partial charge in [0, 0.05) is 10.0 Å². The van der Waals surface area contributed by atoms with E-state index in [2.05, 4.69) is 39.1 Å². The summed E-state index contributed by atoms with van der Waals surface area (Å²) in [7, 11) is 0. The maximum absolute atomic E-state index is 4.65. The molecule has 0 unspecified atom stereocenters. The lowest BCUT2D eigenvalue weighted by molar-refractivity contribution is 1.46. The highest BCUT2D eigenvalue weighted by atomic mass is 79.9. The number of rotatable bonds is 1. The van der Waals surface area contributed by atoms with Crippen molar-refractivity contribution in [2.45, 2.75) is 0 Å². The Balaban J connectivity index is 2.23. The molecule has 0 bridgehead atoms. The predicted octanol–water partition coefficient (Wildman–Crippen LogP) is 4.73. The van der Waals surface area contributed by atoms with Gasteiger partial charge in [-0.25, -0.2) is 4.98 Å². The number of para-hydroxylation sites is 1. The zero-order valence-electron chi connectivity index (χ0n) is 8.35. The van der Waals surface area contributed by atoms with E-state index in [1.807, 2.05) is 30.3 Å². The SMILES string of the molecule is Brc1cccc2sc(-c3ccccc3)nc12. The number of nitrogens with zero attached hydrogens (tertiary/aromatic N) is 1. The molecule has 78 valence electrons. The Hall–Kier alpha value is -1.19. The summed E-state index contributed by atoms with van der Waals surface area (Å²) in [5, 5.41) is 1.07. The van der Waals surface area contributed by atoms with Crippen molar-refractivity contribution in [3.63, 3.8) is 0 Å². The fourth-order valence-electron chi connectivity index (χ4n) is 1.62. The van der Waals surface area contributed by atoms with E-state index in [0.717, 1.165) is 15.0 Å². The molecule has 0 aliphatic carbocycles. The molecule has 0 spiro atoms. The number of thiazole rings is 1. The van der Waals surface area contributed by atoms with Crippen molar-refractivity contribution in [2.75, 3.05) is 0 Å². The molecular formula is C13H8BrNS. The van der Waals surface area contributed by atoms with Gasteiger partial charge in [0.2, 0.25) is 0 Å². The highest BCUT2D eigenvalue weighted by Gasteiger charge is 2.07. The minimum absolute atomic E-state index is 1.05. The summed E-state index contributed by atoms with van der Waals surface area (Å²) >= 11 is 5.25. The van der Waals surface area contributed by atoms with Crippen LogP contribution in [-0.2, 0) is 0 Å². The second-order valence-corrected chi connectivity index (χ2v) is 5.36. The summed E-state index contributed by atoms with van der Waals surface area (Å²) in [4.78, 5) is 4.65. The first kappa shape index (κ1) is 10.00. The van der Waals surface area contributed by atoms with Crippen LogP contribution in [0.25, 0.3) is 20.8 Å². The minimum Gasteiger partial charge on any atom is -0.235 e. The molecule has 0 saturated carbocycles. The van der Waals surface area contributed by atoms with Crippen molar-refractivity contribution in [3.05, 3.63) is 53.0 Å². The van der Waals surface area contributed by atoms with Gasteiger partial charge in [-0.05, 0) is 28.1 Å². The van der Waals surface area contributed by atoms with Crippen molar-refractivity contribution >= 4 is 37.5 Å². The van der Waals surface area contributed by atoms with Gasteiger partial charge in [-0.1, -0.05) is 36.4 Å². The van der Waals surface area contributed by atoms with Crippen LogP contribution in [0, 0.1) is 0 Å². The molecule has 0 N–H and O–H groups in total. The van der Waals surface area contributed by atoms with E-state index in [-0.39, 0.29) is 0 Å². The Labute approximate surface area is 106 Å². The topological polar surface area (TPSA) is 12.9 Å². The second kappa shape index (κ2) is 4.00. The standard InChI is InChI=1S/C13H8BrNS/c14-10-7-4-8-11-12(10)15-13(16-11)9-5-2-1-3-6-9/h1-8H. The average Bonchev–Trinajstić information content (AvgIpc) is 2.76. The number of benzene rings is 2. The van der Waals surface area contributed by atoms with Gasteiger partial charge in [0.25, 0.3) is 0 Å². The Morgan fingerprint density at radius 3 is 2.50 bits per heavy atom. The fourth-order valence-corrected chi connectivity index (χ4v) is 3.20. The van der Waals surface area contributed by atoms with E-state index in [9.17, 15) is 0 Å². The molecule has 1 nitrogen and oxygen atoms in total. The van der Waals surface area contributed by atoms with Gasteiger partial charge in [-0.15, -0.1) is 11.3 Å². The first-order valence-electron chi connectivity index (χ1n) is 4.95. The molecule has 0 aliphatic heterocycles. The number of aromatic nitrogens is 1. The lowest BCUT2D eigenvalue weighted by atomic mass is 10.2. The number of hydrogen-bond donors (Lipinski definition) is 0. The zero-order valence-corrected chi connectivity index (χ0v) is 10.8. The highest BCUT2D eigenvalue weighted by Crippen LogP contribution is 2.33. The van der Waals surface area contributed by atoms with Crippen LogP contribution in [-0.4, -0.2) is 4.98 Å². The van der Waals surface area contributed by atoms with Crippen LogP contribution in [0.15, 0.2) is 53.0 Å². The third-order valence-electron chi connectivity index (χ3n) is 2.39. The first-order chi connectivity index (χ1) is 7.84. The number of hydrogen-bond acceptors (Lipinski definition) is 2. The molecule has 3 rings (SSSR count). The normalized spacial score (nSPS) is 10.8. The van der Waals surface area contributed by atoms with E-state index < -0.39 is 0 Å². The maximum Gasteiger partial charge on any atom is 0.124 e. The van der Waals surface area contributed by atoms with Gasteiger partial charge >= 0.3 is 0 Å². The van der Waals surface area contributed by atoms with E-state index in [4.69, 9.17) is 0 Å². The van der Waals surface area contributed by atoms with Crippen molar-refractivity contribution in [3.8, 4) is 10.6 Å². The summed E-state index contributed by atoms with van der Waals surface area (Å²) in [6, 6.07) is 16.4. The average molecular weight is 290 g/mol. The van der Waals surface area contributed by atoms with Gasteiger partial charge in [-0.3, -0.25) is 0 Å². The van der Waals surface area contributed by atoms with E-state index in [0.29, 0.717) is 0 Å². The third-order valence-corrected chi connectivity index (χ3v) is 4.10. The highest BCUT2D eigenvalue weighted by molar-refractivity contribution is 9.10. The molecule has 2 aromatic carbocycles. The summed E-state index contributed by atoms with van der Waals surface area (Å²) in [6.07, 6.45) is 0. The second-order valence-electron chi connectivity index (χ2n) is 3.47. The molecule has 1 aromatic heterocycles. The summed E-state index contributed by atoms with van der Waals surface area (Å²) in [5.74, 6) is 0. The molecule has 16 heavy (non-hydrogen) atoms. The predicted molar refractivity (Wildman–Crippen MR) is 72.8 cm³/mol. The molecule has 0 atom stereocenters. The Bertz CT molecular complexity index is 631. The van der Waals surface area contributed by atoms with Crippen molar-refractivity contribution < 1.29 is 0 Å². The summed E-state index contributed by atoms with van der Waals surface area (Å²) < 4.78 is 2.27. The van der Waals surface area contributed by atoms with Crippen LogP contribution >= 0.6 is 27.3 Å². The molecule has 0 radical (unpaired) electrons. The molecule has 0 saturated heterocycles. The van der Waals surface area contributed by atoms with Crippen LogP contribution in [0.4, 0.5) is 0 Å². The largest absolute Gasteiger partial charge is 0.235 e. The van der Waals surface area contributed by atoms with Crippen molar-refractivity contribution in [2.24, 2.45) is 0 Å². The minimum atomic E-state index is 1.05. The molecule has 1 heterocycles. The molecule has 3 heteroatoms. The van der Waals surface area contributed by atoms with E-state index in [1.165, 1.54) is 10.3 Å².